The van der Waals surface area contributed by atoms with Gasteiger partial charge in [0, 0.05) is 0 Å². The van der Waals surface area contributed by atoms with E-state index in [-0.39, 0.29) is 23.3 Å². The largest absolute Gasteiger partial charge is 0.489 e. The summed E-state index contributed by atoms with van der Waals surface area (Å²) in [6.45, 7) is 4.25. The van der Waals surface area contributed by atoms with Crippen LogP contribution in [0.4, 0.5) is 4.39 Å². The monoisotopic (exact) mass is 416 g/mol. The zero-order chi connectivity index (χ0) is 20.8. The Hall–Kier alpha value is -2.41. The lowest BCUT2D eigenvalue weighted by Crippen LogP contribution is -2.33. The summed E-state index contributed by atoms with van der Waals surface area (Å²) < 4.78 is 42.9. The highest BCUT2D eigenvalue weighted by atomic mass is 32.2. The molecule has 4 rings (SSSR count). The van der Waals surface area contributed by atoms with E-state index in [0.29, 0.717) is 18.4 Å². The van der Waals surface area contributed by atoms with Crippen LogP contribution in [0.2, 0.25) is 0 Å². The first kappa shape index (κ1) is 19.9. The Morgan fingerprint density at radius 3 is 2.52 bits per heavy atom. The topological polar surface area (TPSA) is 79.2 Å². The van der Waals surface area contributed by atoms with Crippen molar-refractivity contribution in [3.63, 3.8) is 0 Å². The second-order valence-electron chi connectivity index (χ2n) is 8.07. The molecule has 0 radical (unpaired) electrons. The van der Waals surface area contributed by atoms with E-state index in [2.05, 4.69) is 4.72 Å². The Morgan fingerprint density at radius 1 is 1.17 bits per heavy atom. The van der Waals surface area contributed by atoms with Gasteiger partial charge in [-0.25, -0.2) is 13.4 Å². The van der Waals surface area contributed by atoms with Gasteiger partial charge >= 0.3 is 0 Å². The first-order valence-electron chi connectivity index (χ1n) is 9.86. The van der Waals surface area contributed by atoms with Crippen LogP contribution in [-0.2, 0) is 16.5 Å². The van der Waals surface area contributed by atoms with Crippen molar-refractivity contribution < 1.29 is 18.1 Å². The highest BCUT2D eigenvalue weighted by molar-refractivity contribution is 7.92. The van der Waals surface area contributed by atoms with Crippen LogP contribution < -0.4 is 9.46 Å². The Labute approximate surface area is 170 Å². The average molecular weight is 417 g/mol. The van der Waals surface area contributed by atoms with Crippen molar-refractivity contribution in [2.45, 2.75) is 57.3 Å². The summed E-state index contributed by atoms with van der Waals surface area (Å²) in [5.41, 5.74) is 3.76. The molecule has 2 aliphatic carbocycles. The van der Waals surface area contributed by atoms with Gasteiger partial charge in [-0.2, -0.15) is 0 Å². The number of hydrogen-bond acceptors (Lipinski definition) is 4. The molecule has 0 saturated heterocycles. The molecular weight excluding hydrogens is 391 g/mol. The standard InChI is InChI=1S/C22H25FN2O3S/c1-13-3-6-17(9-14(13)2)28-12-16-10-21(23)20(11-19(16)15-4-5-15)22(26)25-29(24,27)18-7-8-18/h3,6,9-11,15,18H,4-5,7-8,12H2,1-2H3,(H2,24,25,26,27). The van der Waals surface area contributed by atoms with Gasteiger partial charge in [-0.3, -0.25) is 9.52 Å². The minimum absolute atomic E-state index is 0.151. The minimum atomic E-state index is -3.22. The summed E-state index contributed by atoms with van der Waals surface area (Å²) >= 11 is 0. The van der Waals surface area contributed by atoms with Gasteiger partial charge in [-0.15, -0.1) is 0 Å². The summed E-state index contributed by atoms with van der Waals surface area (Å²) in [4.78, 5) is 12.5. The number of rotatable bonds is 7. The number of ether oxygens (including phenoxy) is 1. The Bertz CT molecular complexity index is 1070. The molecule has 0 aromatic heterocycles. The lowest BCUT2D eigenvalue weighted by molar-refractivity contribution is 0.0978. The van der Waals surface area contributed by atoms with Gasteiger partial charge in [0.1, 0.15) is 28.1 Å². The summed E-state index contributed by atoms with van der Waals surface area (Å²) in [6, 6.07) is 8.71. The number of carbonyl (C=O) groups excluding carboxylic acids is 1. The van der Waals surface area contributed by atoms with Crippen molar-refractivity contribution in [2.24, 2.45) is 0 Å². The number of carbonyl (C=O) groups is 1. The first-order valence-corrected chi connectivity index (χ1v) is 11.5. The third-order valence-corrected chi connectivity index (χ3v) is 7.50. The van der Waals surface area contributed by atoms with E-state index < -0.39 is 21.6 Å². The molecule has 2 saturated carbocycles. The van der Waals surface area contributed by atoms with E-state index in [9.17, 15) is 13.4 Å². The van der Waals surface area contributed by atoms with Gasteiger partial charge in [0.25, 0.3) is 5.91 Å². The SMILES string of the molecule is Cc1ccc(OCc2cc(F)c(C(=O)NS(=N)(=O)C3CC3)cc2C2CC2)cc1C. The third-order valence-electron chi connectivity index (χ3n) is 5.60. The number of aryl methyl sites for hydroxylation is 2. The van der Waals surface area contributed by atoms with E-state index in [0.717, 1.165) is 29.7 Å². The van der Waals surface area contributed by atoms with Crippen molar-refractivity contribution in [2.75, 3.05) is 0 Å². The highest BCUT2D eigenvalue weighted by Gasteiger charge is 2.35. The van der Waals surface area contributed by atoms with Crippen molar-refractivity contribution in [1.82, 2.24) is 4.72 Å². The molecule has 2 aromatic rings. The summed E-state index contributed by atoms with van der Waals surface area (Å²) in [6.07, 6.45) is 3.29. The summed E-state index contributed by atoms with van der Waals surface area (Å²) in [5, 5.41) is -0.317. The maximum absolute atomic E-state index is 14.7. The van der Waals surface area contributed by atoms with E-state index in [4.69, 9.17) is 9.52 Å². The number of hydrogen-bond donors (Lipinski definition) is 2. The molecule has 1 unspecified atom stereocenters. The van der Waals surface area contributed by atoms with Crippen LogP contribution >= 0.6 is 0 Å². The van der Waals surface area contributed by atoms with Gasteiger partial charge < -0.3 is 4.74 Å². The van der Waals surface area contributed by atoms with E-state index >= 15 is 0 Å². The Morgan fingerprint density at radius 2 is 1.90 bits per heavy atom. The molecule has 1 atom stereocenters. The van der Waals surface area contributed by atoms with Crippen molar-refractivity contribution in [3.05, 3.63) is 64.0 Å². The predicted molar refractivity (Wildman–Crippen MR) is 110 cm³/mol. The van der Waals surface area contributed by atoms with Crippen LogP contribution in [-0.4, -0.2) is 15.4 Å². The van der Waals surface area contributed by atoms with Crippen LogP contribution in [0.25, 0.3) is 0 Å². The van der Waals surface area contributed by atoms with Crippen molar-refractivity contribution in [3.8, 4) is 5.75 Å². The first-order chi connectivity index (χ1) is 13.7. The molecule has 5 nitrogen and oxygen atoms in total. The predicted octanol–water partition coefficient (Wildman–Crippen LogP) is 4.75. The highest BCUT2D eigenvalue weighted by Crippen LogP contribution is 2.42. The average Bonchev–Trinajstić information content (AvgIpc) is 3.54. The summed E-state index contributed by atoms with van der Waals surface area (Å²) in [7, 11) is -3.22. The van der Waals surface area contributed by atoms with Gasteiger partial charge in [-0.05, 0) is 92.0 Å². The Kier molecular flexibility index (Phi) is 5.11. The molecule has 2 aromatic carbocycles. The molecule has 1 amide bonds. The van der Waals surface area contributed by atoms with Gasteiger partial charge in [0.15, 0.2) is 0 Å². The summed E-state index contributed by atoms with van der Waals surface area (Å²) in [5.74, 6) is -0.464. The fourth-order valence-corrected chi connectivity index (χ4v) is 4.70. The zero-order valence-corrected chi connectivity index (χ0v) is 17.4. The molecular formula is C22H25FN2O3S. The van der Waals surface area contributed by atoms with Crippen LogP contribution in [0.15, 0.2) is 30.3 Å². The lowest BCUT2D eigenvalue weighted by Gasteiger charge is -2.15. The second-order valence-corrected chi connectivity index (χ2v) is 10.1. The molecule has 0 aliphatic heterocycles. The zero-order valence-electron chi connectivity index (χ0n) is 16.6. The van der Waals surface area contributed by atoms with Crippen molar-refractivity contribution in [1.29, 1.82) is 4.78 Å². The lowest BCUT2D eigenvalue weighted by atomic mass is 9.99. The maximum atomic E-state index is 14.7. The van der Waals surface area contributed by atoms with E-state index in [1.807, 2.05) is 32.0 Å². The number of halogens is 1. The van der Waals surface area contributed by atoms with E-state index in [1.54, 1.807) is 6.07 Å². The minimum Gasteiger partial charge on any atom is -0.489 e. The molecule has 2 N–H and O–H groups in total. The number of benzene rings is 2. The molecule has 0 bridgehead atoms. The normalized spacial score (nSPS) is 18.2. The molecule has 29 heavy (non-hydrogen) atoms. The van der Waals surface area contributed by atoms with Crippen LogP contribution in [0.5, 0.6) is 5.75 Å². The van der Waals surface area contributed by atoms with Crippen molar-refractivity contribution >= 4 is 15.8 Å². The molecule has 2 fully saturated rings. The van der Waals surface area contributed by atoms with Crippen LogP contribution in [0.3, 0.4) is 0 Å². The molecule has 0 spiro atoms. The van der Waals surface area contributed by atoms with Gasteiger partial charge in [0.05, 0.1) is 10.8 Å². The van der Waals surface area contributed by atoms with Crippen LogP contribution in [0.1, 0.15) is 64.2 Å². The van der Waals surface area contributed by atoms with E-state index in [1.165, 1.54) is 11.6 Å². The fraction of sp³-hybridized carbons (Fsp3) is 0.409. The molecule has 0 heterocycles. The third kappa shape index (κ3) is 4.45. The number of amides is 1. The maximum Gasteiger partial charge on any atom is 0.266 e. The smallest absolute Gasteiger partial charge is 0.266 e. The molecule has 154 valence electrons. The molecule has 2 aliphatic rings. The quantitative estimate of drug-likeness (QED) is 0.683. The van der Waals surface area contributed by atoms with Crippen LogP contribution in [0, 0.1) is 24.4 Å². The van der Waals surface area contributed by atoms with Gasteiger partial charge in [0.2, 0.25) is 0 Å². The second kappa shape index (κ2) is 7.44. The van der Waals surface area contributed by atoms with Gasteiger partial charge in [-0.1, -0.05) is 6.07 Å². The fourth-order valence-electron chi connectivity index (χ4n) is 3.35. The molecule has 7 heteroatoms. The Balaban J connectivity index is 1.56. The number of nitrogens with one attached hydrogen (secondary N) is 2.